The van der Waals surface area contributed by atoms with Gasteiger partial charge in [-0.25, -0.2) is 13.2 Å². The van der Waals surface area contributed by atoms with E-state index in [4.69, 9.17) is 34.8 Å². The van der Waals surface area contributed by atoms with Gasteiger partial charge in [0.15, 0.2) is 11.6 Å². The first-order chi connectivity index (χ1) is 8.91. The molecule has 1 atom stereocenters. The highest BCUT2D eigenvalue weighted by molar-refractivity contribution is 6.43. The summed E-state index contributed by atoms with van der Waals surface area (Å²) in [7, 11) is 0. The zero-order chi connectivity index (χ0) is 14.2. The van der Waals surface area contributed by atoms with Crippen LogP contribution in [-0.2, 0) is 0 Å². The van der Waals surface area contributed by atoms with E-state index in [0.717, 1.165) is 0 Å². The van der Waals surface area contributed by atoms with Gasteiger partial charge in [-0.05, 0) is 17.7 Å². The van der Waals surface area contributed by atoms with Gasteiger partial charge >= 0.3 is 0 Å². The van der Waals surface area contributed by atoms with Crippen molar-refractivity contribution in [3.05, 3.63) is 69.0 Å². The van der Waals surface area contributed by atoms with Crippen molar-refractivity contribution >= 4 is 34.8 Å². The van der Waals surface area contributed by atoms with Gasteiger partial charge in [-0.2, -0.15) is 0 Å². The molecule has 1 unspecified atom stereocenters. The van der Waals surface area contributed by atoms with Crippen LogP contribution in [0.4, 0.5) is 13.2 Å². The number of hydrogen-bond donors (Lipinski definition) is 0. The molecule has 0 saturated heterocycles. The highest BCUT2D eigenvalue weighted by Gasteiger charge is 2.21. The molecule has 2 aromatic carbocycles. The normalized spacial score (nSPS) is 12.5. The summed E-state index contributed by atoms with van der Waals surface area (Å²) in [4.78, 5) is 0. The molecule has 0 nitrogen and oxygen atoms in total. The van der Waals surface area contributed by atoms with Crippen LogP contribution in [0, 0.1) is 17.5 Å². The summed E-state index contributed by atoms with van der Waals surface area (Å²) >= 11 is 17.8. The number of benzene rings is 2. The Morgan fingerprint density at radius 1 is 0.842 bits per heavy atom. The van der Waals surface area contributed by atoms with Crippen LogP contribution in [0.1, 0.15) is 16.5 Å². The quantitative estimate of drug-likeness (QED) is 0.488. The largest absolute Gasteiger partial charge is 0.207 e. The SMILES string of the molecule is Fc1cc(F)c(C(Cl)c2cccc(Cl)c2Cl)cc1F. The summed E-state index contributed by atoms with van der Waals surface area (Å²) in [6.07, 6.45) is 0. The number of halogens is 6. The van der Waals surface area contributed by atoms with Crippen molar-refractivity contribution in [3.8, 4) is 0 Å². The van der Waals surface area contributed by atoms with Gasteiger partial charge in [-0.3, -0.25) is 0 Å². The molecule has 0 radical (unpaired) electrons. The Morgan fingerprint density at radius 2 is 1.47 bits per heavy atom. The van der Waals surface area contributed by atoms with Crippen molar-refractivity contribution in [2.24, 2.45) is 0 Å². The first kappa shape index (κ1) is 14.5. The van der Waals surface area contributed by atoms with Gasteiger partial charge in [-0.15, -0.1) is 11.6 Å². The Balaban J connectivity index is 2.53. The Bertz CT molecular complexity index is 629. The van der Waals surface area contributed by atoms with Crippen LogP contribution < -0.4 is 0 Å². The summed E-state index contributed by atoms with van der Waals surface area (Å²) in [5.74, 6) is -3.41. The first-order valence-corrected chi connectivity index (χ1v) is 6.33. The highest BCUT2D eigenvalue weighted by Crippen LogP contribution is 2.38. The second kappa shape index (κ2) is 5.61. The van der Waals surface area contributed by atoms with Crippen molar-refractivity contribution < 1.29 is 13.2 Å². The van der Waals surface area contributed by atoms with Gasteiger partial charge in [0.25, 0.3) is 0 Å². The van der Waals surface area contributed by atoms with E-state index in [9.17, 15) is 13.2 Å². The molecule has 0 amide bonds. The smallest absolute Gasteiger partial charge is 0.161 e. The average Bonchev–Trinajstić information content (AvgIpc) is 2.36. The van der Waals surface area contributed by atoms with Gasteiger partial charge in [0.1, 0.15) is 5.82 Å². The van der Waals surface area contributed by atoms with Crippen LogP contribution in [0.5, 0.6) is 0 Å². The molecule has 2 aromatic rings. The molecule has 0 saturated carbocycles. The molecule has 0 fully saturated rings. The molecule has 0 aliphatic rings. The lowest BCUT2D eigenvalue weighted by molar-refractivity contribution is 0.490. The van der Waals surface area contributed by atoms with E-state index in [-0.39, 0.29) is 15.6 Å². The van der Waals surface area contributed by atoms with Crippen molar-refractivity contribution in [3.63, 3.8) is 0 Å². The molecule has 0 aliphatic heterocycles. The maximum atomic E-state index is 13.6. The number of alkyl halides is 1. The molecule has 100 valence electrons. The summed E-state index contributed by atoms with van der Waals surface area (Å²) in [6, 6.07) is 5.81. The molecule has 6 heteroatoms. The first-order valence-electron chi connectivity index (χ1n) is 5.14. The van der Waals surface area contributed by atoms with Gasteiger partial charge in [0, 0.05) is 11.6 Å². The molecular weight excluding hydrogens is 319 g/mol. The summed E-state index contributed by atoms with van der Waals surface area (Å²) in [5.41, 5.74) is 0.116. The molecule has 0 N–H and O–H groups in total. The van der Waals surface area contributed by atoms with Crippen LogP contribution in [0.3, 0.4) is 0 Å². The topological polar surface area (TPSA) is 0 Å². The zero-order valence-corrected chi connectivity index (χ0v) is 11.5. The minimum absolute atomic E-state index is 0.147. The summed E-state index contributed by atoms with van der Waals surface area (Å²) in [5, 5.41) is -0.678. The predicted octanol–water partition coefficient (Wildman–Crippen LogP) is 5.74. The monoisotopic (exact) mass is 324 g/mol. The minimum Gasteiger partial charge on any atom is -0.207 e. The Hall–Kier alpha value is -0.900. The van der Waals surface area contributed by atoms with Gasteiger partial charge in [0.05, 0.1) is 15.4 Å². The maximum absolute atomic E-state index is 13.6. The van der Waals surface area contributed by atoms with E-state index in [2.05, 4.69) is 0 Å². The van der Waals surface area contributed by atoms with E-state index in [1.807, 2.05) is 0 Å². The maximum Gasteiger partial charge on any atom is 0.161 e. The molecule has 0 aliphatic carbocycles. The van der Waals surface area contributed by atoms with Gasteiger partial charge < -0.3 is 0 Å². The van der Waals surface area contributed by atoms with Crippen LogP contribution in [0.15, 0.2) is 30.3 Å². The minimum atomic E-state index is -1.28. The lowest BCUT2D eigenvalue weighted by atomic mass is 10.0. The van der Waals surface area contributed by atoms with E-state index in [1.54, 1.807) is 12.1 Å². The second-order valence-electron chi connectivity index (χ2n) is 3.79. The number of rotatable bonds is 2. The van der Waals surface area contributed by atoms with Crippen LogP contribution >= 0.6 is 34.8 Å². The molecule has 0 bridgehead atoms. The molecule has 2 rings (SSSR count). The average molecular weight is 326 g/mol. The number of hydrogen-bond acceptors (Lipinski definition) is 0. The third-order valence-electron chi connectivity index (χ3n) is 2.57. The fourth-order valence-electron chi connectivity index (χ4n) is 1.62. The molecule has 19 heavy (non-hydrogen) atoms. The Kier molecular flexibility index (Phi) is 4.29. The van der Waals surface area contributed by atoms with E-state index in [0.29, 0.717) is 17.7 Å². The highest BCUT2D eigenvalue weighted by atomic mass is 35.5. The zero-order valence-electron chi connectivity index (χ0n) is 9.23. The molecular formula is C13H6Cl3F3. The van der Waals surface area contributed by atoms with Crippen LogP contribution in [-0.4, -0.2) is 0 Å². The molecule has 0 heterocycles. The van der Waals surface area contributed by atoms with Gasteiger partial charge in [0.2, 0.25) is 0 Å². The van der Waals surface area contributed by atoms with Crippen LogP contribution in [0.25, 0.3) is 0 Å². The third-order valence-corrected chi connectivity index (χ3v) is 3.87. The molecule has 0 spiro atoms. The van der Waals surface area contributed by atoms with Gasteiger partial charge in [-0.1, -0.05) is 35.3 Å². The van der Waals surface area contributed by atoms with E-state index >= 15 is 0 Å². The Morgan fingerprint density at radius 3 is 2.16 bits per heavy atom. The predicted molar refractivity (Wildman–Crippen MR) is 70.5 cm³/mol. The lowest BCUT2D eigenvalue weighted by Gasteiger charge is -2.14. The standard InChI is InChI=1S/C13H6Cl3F3/c14-8-3-1-2-6(13(8)16)12(15)7-4-10(18)11(19)5-9(7)17/h1-5,12H. The second-order valence-corrected chi connectivity index (χ2v) is 5.02. The Labute approximate surface area is 122 Å². The molecule has 0 aromatic heterocycles. The van der Waals surface area contributed by atoms with Crippen molar-refractivity contribution in [2.45, 2.75) is 5.38 Å². The fourth-order valence-corrected chi connectivity index (χ4v) is 2.44. The van der Waals surface area contributed by atoms with E-state index in [1.165, 1.54) is 6.07 Å². The lowest BCUT2D eigenvalue weighted by Crippen LogP contribution is -2.01. The van der Waals surface area contributed by atoms with Crippen LogP contribution in [0.2, 0.25) is 10.0 Å². The van der Waals surface area contributed by atoms with Crippen molar-refractivity contribution in [1.82, 2.24) is 0 Å². The van der Waals surface area contributed by atoms with Crippen molar-refractivity contribution in [1.29, 1.82) is 0 Å². The van der Waals surface area contributed by atoms with Crippen molar-refractivity contribution in [2.75, 3.05) is 0 Å². The summed E-state index contributed by atoms with van der Waals surface area (Å²) < 4.78 is 39.7. The third kappa shape index (κ3) is 2.83. The fraction of sp³-hybridized carbons (Fsp3) is 0.0769. The summed E-state index contributed by atoms with van der Waals surface area (Å²) in [6.45, 7) is 0. The van der Waals surface area contributed by atoms with E-state index < -0.39 is 22.8 Å².